The summed E-state index contributed by atoms with van der Waals surface area (Å²) in [5.74, 6) is 3.18. The van der Waals surface area contributed by atoms with Crippen LogP contribution in [0.1, 0.15) is 68.6 Å². The SMILES string of the molecule is CC[C@@H]1C(=O)N(C)c2cnc(Nc3ccc(C(=O)N[C@@H]4C[C@H]5CCN(C)C[C@H]5C4)cc3OC)nc2N1C1CCCC1. The minimum Gasteiger partial charge on any atom is -0.495 e. The summed E-state index contributed by atoms with van der Waals surface area (Å²) >= 11 is 0. The molecule has 1 aromatic carbocycles. The number of aromatic nitrogens is 2. The fourth-order valence-electron chi connectivity index (χ4n) is 7.55. The van der Waals surface area contributed by atoms with E-state index in [9.17, 15) is 9.59 Å². The molecule has 6 rings (SSSR count). The van der Waals surface area contributed by atoms with Crippen molar-refractivity contribution in [2.45, 2.75) is 76.4 Å². The zero-order valence-corrected chi connectivity index (χ0v) is 24.7. The minimum atomic E-state index is -0.226. The molecule has 0 spiro atoms. The summed E-state index contributed by atoms with van der Waals surface area (Å²) in [6.07, 6.45) is 10.2. The van der Waals surface area contributed by atoms with Crippen molar-refractivity contribution in [3.05, 3.63) is 30.0 Å². The first kappa shape index (κ1) is 27.8. The van der Waals surface area contributed by atoms with Crippen LogP contribution in [0.5, 0.6) is 5.75 Å². The van der Waals surface area contributed by atoms with Gasteiger partial charge >= 0.3 is 0 Å². The van der Waals surface area contributed by atoms with E-state index >= 15 is 0 Å². The zero-order chi connectivity index (χ0) is 28.7. The Labute approximate surface area is 242 Å². The Morgan fingerprint density at radius 1 is 1.12 bits per heavy atom. The zero-order valence-electron chi connectivity index (χ0n) is 24.7. The predicted octanol–water partition coefficient (Wildman–Crippen LogP) is 4.19. The first-order valence-corrected chi connectivity index (χ1v) is 15.2. The highest BCUT2D eigenvalue weighted by molar-refractivity contribution is 6.04. The number of hydrogen-bond donors (Lipinski definition) is 2. The van der Waals surface area contributed by atoms with Gasteiger partial charge in [-0.25, -0.2) is 4.98 Å². The van der Waals surface area contributed by atoms with Gasteiger partial charge in [0.25, 0.3) is 5.91 Å². The lowest BCUT2D eigenvalue weighted by Crippen LogP contribution is -2.55. The van der Waals surface area contributed by atoms with Crippen LogP contribution in [-0.2, 0) is 4.79 Å². The molecular formula is C31H43N7O3. The van der Waals surface area contributed by atoms with Crippen molar-refractivity contribution in [2.24, 2.45) is 11.8 Å². The smallest absolute Gasteiger partial charge is 0.251 e. The Morgan fingerprint density at radius 2 is 1.90 bits per heavy atom. The molecule has 2 saturated carbocycles. The molecule has 2 aromatic rings. The van der Waals surface area contributed by atoms with E-state index in [0.29, 0.717) is 40.8 Å². The number of anilines is 4. The lowest BCUT2D eigenvalue weighted by Gasteiger charge is -2.43. The Hall–Kier alpha value is -3.40. The van der Waals surface area contributed by atoms with E-state index in [0.717, 1.165) is 56.7 Å². The summed E-state index contributed by atoms with van der Waals surface area (Å²) in [6, 6.07) is 5.73. The van der Waals surface area contributed by atoms with Gasteiger partial charge in [0, 0.05) is 31.2 Å². The van der Waals surface area contributed by atoms with E-state index in [2.05, 4.69) is 39.4 Å². The fourth-order valence-corrected chi connectivity index (χ4v) is 7.55. The van der Waals surface area contributed by atoms with E-state index < -0.39 is 0 Å². The number of rotatable bonds is 7. The second-order valence-corrected chi connectivity index (χ2v) is 12.3. The molecule has 41 heavy (non-hydrogen) atoms. The molecule has 2 aliphatic carbocycles. The summed E-state index contributed by atoms with van der Waals surface area (Å²) in [4.78, 5) is 42.2. The van der Waals surface area contributed by atoms with Gasteiger partial charge < -0.3 is 30.1 Å². The van der Waals surface area contributed by atoms with Crippen molar-refractivity contribution in [3.8, 4) is 5.75 Å². The predicted molar refractivity (Wildman–Crippen MR) is 160 cm³/mol. The highest BCUT2D eigenvalue weighted by Crippen LogP contribution is 2.41. The van der Waals surface area contributed by atoms with E-state index in [1.54, 1.807) is 31.3 Å². The van der Waals surface area contributed by atoms with E-state index in [1.165, 1.54) is 19.3 Å². The van der Waals surface area contributed by atoms with Crippen LogP contribution in [-0.4, -0.2) is 79.1 Å². The fraction of sp³-hybridized carbons (Fsp3) is 0.613. The van der Waals surface area contributed by atoms with Crippen molar-refractivity contribution >= 4 is 35.0 Å². The summed E-state index contributed by atoms with van der Waals surface area (Å²) in [7, 11) is 5.59. The monoisotopic (exact) mass is 561 g/mol. The summed E-state index contributed by atoms with van der Waals surface area (Å²) in [6.45, 7) is 4.33. The number of carbonyl (C=O) groups is 2. The molecule has 0 unspecified atom stereocenters. The number of likely N-dealkylation sites (tertiary alicyclic amines) is 1. The standard InChI is InChI=1S/C31H43N7O3/c1-5-25-30(40)37(3)26-17-32-31(35-28(26)38(25)23-8-6-7-9-23)34-24-11-10-20(16-27(24)41-4)29(39)33-22-14-19-12-13-36(2)18-21(19)15-22/h10-11,16-17,19,21-23,25H,5-9,12-15,18H2,1-4H3,(H,33,39)(H,32,34,35)/t19-,21-,22-,25-/m1/s1. The maximum absolute atomic E-state index is 13.2. The van der Waals surface area contributed by atoms with Gasteiger partial charge in [-0.1, -0.05) is 19.8 Å². The number of fused-ring (bicyclic) bond motifs is 2. The van der Waals surface area contributed by atoms with E-state index in [-0.39, 0.29) is 23.9 Å². The quantitative estimate of drug-likeness (QED) is 0.519. The molecule has 1 saturated heterocycles. The van der Waals surface area contributed by atoms with Gasteiger partial charge in [0.1, 0.15) is 17.5 Å². The Balaban J connectivity index is 1.20. The molecule has 2 amide bonds. The van der Waals surface area contributed by atoms with Gasteiger partial charge in [-0.15, -0.1) is 0 Å². The van der Waals surface area contributed by atoms with Crippen LogP contribution in [0.4, 0.5) is 23.1 Å². The Morgan fingerprint density at radius 3 is 2.66 bits per heavy atom. The third-order valence-corrected chi connectivity index (χ3v) is 9.73. The van der Waals surface area contributed by atoms with E-state index in [1.807, 2.05) is 12.1 Å². The van der Waals surface area contributed by atoms with Crippen LogP contribution in [0.25, 0.3) is 0 Å². The van der Waals surface area contributed by atoms with Crippen LogP contribution in [0.2, 0.25) is 0 Å². The number of methoxy groups -OCH3 is 1. The largest absolute Gasteiger partial charge is 0.495 e. The van der Waals surface area contributed by atoms with Crippen LogP contribution < -0.4 is 25.2 Å². The Bertz CT molecular complexity index is 1300. The number of carbonyl (C=O) groups excluding carboxylic acids is 2. The van der Waals surface area contributed by atoms with Gasteiger partial charge in [-0.05, 0) is 82.2 Å². The lowest BCUT2D eigenvalue weighted by atomic mass is 9.89. The average Bonchev–Trinajstić information content (AvgIpc) is 3.64. The molecular weight excluding hydrogens is 518 g/mol. The highest BCUT2D eigenvalue weighted by Gasteiger charge is 2.41. The van der Waals surface area contributed by atoms with Crippen LogP contribution in [0, 0.1) is 11.8 Å². The number of benzene rings is 1. The van der Waals surface area contributed by atoms with Crippen molar-refractivity contribution in [1.82, 2.24) is 20.2 Å². The third kappa shape index (κ3) is 5.34. The molecule has 4 atom stereocenters. The van der Waals surface area contributed by atoms with Gasteiger partial charge in [-0.3, -0.25) is 9.59 Å². The minimum absolute atomic E-state index is 0.0672. The molecule has 3 heterocycles. The number of nitrogens with one attached hydrogen (secondary N) is 2. The van der Waals surface area contributed by atoms with Gasteiger partial charge in [-0.2, -0.15) is 4.98 Å². The molecule has 220 valence electrons. The van der Waals surface area contributed by atoms with Crippen LogP contribution in [0.15, 0.2) is 24.4 Å². The summed E-state index contributed by atoms with van der Waals surface area (Å²) in [5.41, 5.74) is 1.98. The lowest BCUT2D eigenvalue weighted by molar-refractivity contribution is -0.120. The maximum atomic E-state index is 13.2. The number of piperidine rings is 1. The summed E-state index contributed by atoms with van der Waals surface area (Å²) < 4.78 is 5.68. The number of amides is 2. The number of likely N-dealkylation sites (N-methyl/N-ethyl adjacent to an activating group) is 1. The molecule has 1 aromatic heterocycles. The number of ether oxygens (including phenoxy) is 1. The topological polar surface area (TPSA) is 103 Å². The average molecular weight is 562 g/mol. The second kappa shape index (κ2) is 11.5. The van der Waals surface area contributed by atoms with Crippen LogP contribution in [0.3, 0.4) is 0 Å². The molecule has 10 heteroatoms. The first-order chi connectivity index (χ1) is 19.9. The van der Waals surface area contributed by atoms with Gasteiger partial charge in [0.15, 0.2) is 5.82 Å². The summed E-state index contributed by atoms with van der Waals surface area (Å²) in [5, 5.41) is 6.58. The van der Waals surface area contributed by atoms with Crippen LogP contribution >= 0.6 is 0 Å². The number of nitrogens with zero attached hydrogens (tertiary/aromatic N) is 5. The highest BCUT2D eigenvalue weighted by atomic mass is 16.5. The van der Waals surface area contributed by atoms with Crippen molar-refractivity contribution in [2.75, 3.05) is 49.4 Å². The maximum Gasteiger partial charge on any atom is 0.251 e. The normalized spacial score (nSPS) is 26.6. The third-order valence-electron chi connectivity index (χ3n) is 9.73. The molecule has 2 N–H and O–H groups in total. The van der Waals surface area contributed by atoms with E-state index in [4.69, 9.17) is 9.72 Å². The van der Waals surface area contributed by atoms with Crippen molar-refractivity contribution in [3.63, 3.8) is 0 Å². The van der Waals surface area contributed by atoms with Gasteiger partial charge in [0.2, 0.25) is 11.9 Å². The van der Waals surface area contributed by atoms with Crippen molar-refractivity contribution in [1.29, 1.82) is 0 Å². The molecule has 4 aliphatic rings. The molecule has 10 nitrogen and oxygen atoms in total. The van der Waals surface area contributed by atoms with Crippen molar-refractivity contribution < 1.29 is 14.3 Å². The molecule has 0 radical (unpaired) electrons. The molecule has 3 fully saturated rings. The number of hydrogen-bond acceptors (Lipinski definition) is 8. The second-order valence-electron chi connectivity index (χ2n) is 12.3. The van der Waals surface area contributed by atoms with Gasteiger partial charge in [0.05, 0.1) is 19.0 Å². The Kier molecular flexibility index (Phi) is 7.76. The molecule has 0 bridgehead atoms. The molecule has 2 aliphatic heterocycles. The first-order valence-electron chi connectivity index (χ1n) is 15.2.